The Balaban J connectivity index is 0.000000353. The van der Waals surface area contributed by atoms with Crippen LogP contribution in [0.2, 0.25) is 0 Å². The Hall–Kier alpha value is -1.65. The van der Waals surface area contributed by atoms with Crippen molar-refractivity contribution in [3.8, 4) is 0 Å². The molecule has 1 aliphatic carbocycles. The van der Waals surface area contributed by atoms with E-state index in [1.54, 1.807) is 0 Å². The van der Waals surface area contributed by atoms with Crippen molar-refractivity contribution < 1.29 is 19.1 Å². The second-order valence-electron chi connectivity index (χ2n) is 3.23. The summed E-state index contributed by atoms with van der Waals surface area (Å²) in [6.07, 6.45) is 7.07. The molecular formula is C12H19NO4. The molecule has 5 heteroatoms. The van der Waals surface area contributed by atoms with Gasteiger partial charge in [0.15, 0.2) is 0 Å². The molecule has 96 valence electrons. The first-order valence-electron chi connectivity index (χ1n) is 5.81. The number of carbonyl (C=O) groups excluding carboxylic acids is 3. The maximum atomic E-state index is 10.7. The summed E-state index contributed by atoms with van der Waals surface area (Å²) in [6.45, 7) is 4.00. The lowest BCUT2D eigenvalue weighted by molar-refractivity contribution is -0.134. The van der Waals surface area contributed by atoms with Gasteiger partial charge in [0, 0.05) is 12.2 Å². The van der Waals surface area contributed by atoms with Crippen LogP contribution in [0.1, 0.15) is 39.5 Å². The van der Waals surface area contributed by atoms with E-state index in [0.29, 0.717) is 4.90 Å². The summed E-state index contributed by atoms with van der Waals surface area (Å²) in [5.74, 6) is -1.33. The molecule has 1 aliphatic heterocycles. The van der Waals surface area contributed by atoms with Crippen molar-refractivity contribution in [1.82, 2.24) is 4.90 Å². The SMILES string of the molecule is C1CCC1.CC.COC(=O)N1C(=O)C=CC1=O. The Bertz CT molecular complexity index is 284. The van der Waals surface area contributed by atoms with E-state index >= 15 is 0 Å². The highest BCUT2D eigenvalue weighted by Gasteiger charge is 2.30. The molecule has 2 aliphatic rings. The van der Waals surface area contributed by atoms with Gasteiger partial charge >= 0.3 is 6.09 Å². The minimum absolute atomic E-state index is 0.417. The van der Waals surface area contributed by atoms with E-state index in [0.717, 1.165) is 19.3 Å². The molecule has 0 aromatic carbocycles. The third kappa shape index (κ3) is 4.80. The molecule has 0 radical (unpaired) electrons. The van der Waals surface area contributed by atoms with E-state index in [1.165, 1.54) is 25.7 Å². The van der Waals surface area contributed by atoms with E-state index in [4.69, 9.17) is 0 Å². The summed E-state index contributed by atoms with van der Waals surface area (Å²) >= 11 is 0. The van der Waals surface area contributed by atoms with Gasteiger partial charge in [-0.3, -0.25) is 9.59 Å². The van der Waals surface area contributed by atoms with Crippen molar-refractivity contribution in [1.29, 1.82) is 0 Å². The first kappa shape index (κ1) is 15.3. The van der Waals surface area contributed by atoms with Gasteiger partial charge in [-0.05, 0) is 0 Å². The van der Waals surface area contributed by atoms with Crippen LogP contribution in [-0.4, -0.2) is 29.9 Å². The summed E-state index contributed by atoms with van der Waals surface area (Å²) in [5.41, 5.74) is 0. The van der Waals surface area contributed by atoms with E-state index < -0.39 is 17.9 Å². The third-order valence-electron chi connectivity index (χ3n) is 2.17. The van der Waals surface area contributed by atoms with Crippen LogP contribution in [0, 0.1) is 0 Å². The lowest BCUT2D eigenvalue weighted by Crippen LogP contribution is -2.35. The number of hydrogen-bond donors (Lipinski definition) is 0. The highest BCUT2D eigenvalue weighted by atomic mass is 16.5. The fraction of sp³-hybridized carbons (Fsp3) is 0.583. The van der Waals surface area contributed by atoms with Crippen LogP contribution in [0.25, 0.3) is 0 Å². The smallest absolute Gasteiger partial charge is 0.423 e. The van der Waals surface area contributed by atoms with E-state index in [-0.39, 0.29) is 0 Å². The zero-order valence-electron chi connectivity index (χ0n) is 10.6. The largest absolute Gasteiger partial charge is 0.452 e. The van der Waals surface area contributed by atoms with Crippen molar-refractivity contribution in [2.75, 3.05) is 7.11 Å². The Morgan fingerprint density at radius 3 is 1.65 bits per heavy atom. The molecule has 5 nitrogen and oxygen atoms in total. The molecular weight excluding hydrogens is 222 g/mol. The number of rotatable bonds is 0. The Labute approximate surface area is 101 Å². The Morgan fingerprint density at radius 1 is 1.06 bits per heavy atom. The van der Waals surface area contributed by atoms with Crippen LogP contribution in [-0.2, 0) is 14.3 Å². The number of methoxy groups -OCH3 is 1. The van der Waals surface area contributed by atoms with Gasteiger partial charge in [-0.15, -0.1) is 0 Å². The third-order valence-corrected chi connectivity index (χ3v) is 2.17. The van der Waals surface area contributed by atoms with Gasteiger partial charge in [0.1, 0.15) is 0 Å². The van der Waals surface area contributed by atoms with Gasteiger partial charge in [-0.1, -0.05) is 39.5 Å². The minimum atomic E-state index is -0.954. The van der Waals surface area contributed by atoms with Crippen LogP contribution < -0.4 is 0 Å². The lowest BCUT2D eigenvalue weighted by Gasteiger charge is -2.08. The van der Waals surface area contributed by atoms with Crippen molar-refractivity contribution in [2.45, 2.75) is 39.5 Å². The monoisotopic (exact) mass is 241 g/mol. The molecule has 0 spiro atoms. The summed E-state index contributed by atoms with van der Waals surface area (Å²) in [7, 11) is 1.10. The van der Waals surface area contributed by atoms with Crippen molar-refractivity contribution >= 4 is 17.9 Å². The maximum Gasteiger partial charge on any atom is 0.423 e. The topological polar surface area (TPSA) is 63.7 Å². The summed E-state index contributed by atoms with van der Waals surface area (Å²) in [4.78, 5) is 32.5. The molecule has 0 atom stereocenters. The molecule has 0 unspecified atom stereocenters. The summed E-state index contributed by atoms with van der Waals surface area (Å²) in [5, 5.41) is 0. The fourth-order valence-corrected chi connectivity index (χ4v) is 0.921. The molecule has 1 fully saturated rings. The van der Waals surface area contributed by atoms with E-state index in [9.17, 15) is 14.4 Å². The predicted octanol–water partition coefficient (Wildman–Crippen LogP) is 2.26. The van der Waals surface area contributed by atoms with Gasteiger partial charge in [0.05, 0.1) is 7.11 Å². The fourth-order valence-electron chi connectivity index (χ4n) is 0.921. The highest BCUT2D eigenvalue weighted by molar-refractivity contribution is 6.21. The first-order valence-corrected chi connectivity index (χ1v) is 5.81. The molecule has 1 heterocycles. The van der Waals surface area contributed by atoms with Crippen LogP contribution in [0.4, 0.5) is 4.79 Å². The predicted molar refractivity (Wildman–Crippen MR) is 63.2 cm³/mol. The number of hydrogen-bond acceptors (Lipinski definition) is 4. The molecule has 3 amide bonds. The normalized spacial score (nSPS) is 16.3. The summed E-state index contributed by atoms with van der Waals surface area (Å²) < 4.78 is 4.18. The van der Waals surface area contributed by atoms with Gasteiger partial charge in [0.25, 0.3) is 11.8 Å². The molecule has 0 aromatic heterocycles. The van der Waals surface area contributed by atoms with Gasteiger partial charge in [-0.25, -0.2) is 4.79 Å². The lowest BCUT2D eigenvalue weighted by atomic mass is 10.0. The minimum Gasteiger partial charge on any atom is -0.452 e. The summed E-state index contributed by atoms with van der Waals surface area (Å²) in [6, 6.07) is 0. The standard InChI is InChI=1S/C6H5NO4.C4H8.C2H6/c1-11-6(10)7-4(8)2-3-5(7)9;1-2-4-3-1;1-2/h2-3H,1H3;1-4H2;1-2H3. The quantitative estimate of drug-likeness (QED) is 0.610. The van der Waals surface area contributed by atoms with E-state index in [1.807, 2.05) is 13.8 Å². The number of amides is 3. The van der Waals surface area contributed by atoms with Gasteiger partial charge in [-0.2, -0.15) is 4.90 Å². The number of imide groups is 3. The second kappa shape index (κ2) is 8.50. The number of carbonyl (C=O) groups is 3. The first-order chi connectivity index (χ1) is 8.16. The average molecular weight is 241 g/mol. The molecule has 1 saturated carbocycles. The Morgan fingerprint density at radius 2 is 1.41 bits per heavy atom. The molecule has 0 bridgehead atoms. The molecule has 0 aromatic rings. The number of ether oxygens (including phenoxy) is 1. The van der Waals surface area contributed by atoms with Crippen LogP contribution in [0.3, 0.4) is 0 Å². The second-order valence-corrected chi connectivity index (χ2v) is 3.23. The number of nitrogens with zero attached hydrogens (tertiary/aromatic N) is 1. The highest BCUT2D eigenvalue weighted by Crippen LogP contribution is 2.15. The van der Waals surface area contributed by atoms with Crippen LogP contribution in [0.15, 0.2) is 12.2 Å². The van der Waals surface area contributed by atoms with Crippen molar-refractivity contribution in [3.05, 3.63) is 12.2 Å². The maximum absolute atomic E-state index is 10.7. The molecule has 0 N–H and O–H groups in total. The van der Waals surface area contributed by atoms with Crippen molar-refractivity contribution in [3.63, 3.8) is 0 Å². The average Bonchev–Trinajstić information content (AvgIpc) is 2.58. The van der Waals surface area contributed by atoms with E-state index in [2.05, 4.69) is 4.74 Å². The molecule has 17 heavy (non-hydrogen) atoms. The molecule has 0 saturated heterocycles. The van der Waals surface area contributed by atoms with Crippen LogP contribution >= 0.6 is 0 Å². The zero-order valence-corrected chi connectivity index (χ0v) is 10.6. The Kier molecular flexibility index (Phi) is 7.67. The molecule has 2 rings (SSSR count). The van der Waals surface area contributed by atoms with Gasteiger partial charge in [0.2, 0.25) is 0 Å². The zero-order chi connectivity index (χ0) is 13.3. The van der Waals surface area contributed by atoms with Crippen LogP contribution in [0.5, 0.6) is 0 Å². The van der Waals surface area contributed by atoms with Gasteiger partial charge < -0.3 is 4.74 Å². The van der Waals surface area contributed by atoms with Crippen molar-refractivity contribution in [2.24, 2.45) is 0 Å².